The van der Waals surface area contributed by atoms with Gasteiger partial charge >= 0.3 is 0 Å². The zero-order chi connectivity index (χ0) is 15.5. The molecule has 1 spiro atoms. The minimum absolute atomic E-state index is 0.239. The molecule has 120 valence electrons. The monoisotopic (exact) mass is 320 g/mol. The van der Waals surface area contributed by atoms with Gasteiger partial charge in [0.2, 0.25) is 10.0 Å². The van der Waals surface area contributed by atoms with E-state index in [1.807, 2.05) is 26.0 Å². The molecule has 2 bridgehead atoms. The highest BCUT2D eigenvalue weighted by molar-refractivity contribution is 7.89. The van der Waals surface area contributed by atoms with Crippen LogP contribution in [0.3, 0.4) is 0 Å². The standard InChI is InChI=1S/C17H24N2O2S/c1-12-3-6-16(13(2)7-12)22(20,21)19-10-17(11-19)8-14-4-5-15(9-17)18-14/h3,6-7,14-15,18H,4-5,8-11H2,1-2H3/t14-,15+. The number of nitrogens with one attached hydrogen (secondary N) is 1. The summed E-state index contributed by atoms with van der Waals surface area (Å²) in [5, 5.41) is 3.65. The van der Waals surface area contributed by atoms with E-state index < -0.39 is 10.0 Å². The lowest BCUT2D eigenvalue weighted by Gasteiger charge is -2.53. The molecule has 0 aromatic heterocycles. The number of piperidine rings is 1. The lowest BCUT2D eigenvalue weighted by molar-refractivity contribution is 0.0183. The molecule has 3 heterocycles. The number of benzene rings is 1. The van der Waals surface area contributed by atoms with Gasteiger partial charge in [-0.05, 0) is 51.2 Å². The minimum atomic E-state index is -3.33. The Kier molecular flexibility index (Phi) is 3.19. The highest BCUT2D eigenvalue weighted by Gasteiger charge is 2.53. The maximum Gasteiger partial charge on any atom is 0.243 e. The molecule has 4 nitrogen and oxygen atoms in total. The summed E-state index contributed by atoms with van der Waals surface area (Å²) in [6, 6.07) is 6.83. The van der Waals surface area contributed by atoms with E-state index in [0.29, 0.717) is 30.1 Å². The van der Waals surface area contributed by atoms with Gasteiger partial charge in [-0.3, -0.25) is 0 Å². The molecule has 0 unspecified atom stereocenters. The molecule has 0 saturated carbocycles. The SMILES string of the molecule is Cc1ccc(S(=O)(=O)N2CC3(C[C@H]4CC[C@@H](C3)N4)C2)c(C)c1. The molecule has 0 aliphatic carbocycles. The van der Waals surface area contributed by atoms with Crippen molar-refractivity contribution < 1.29 is 8.42 Å². The molecule has 22 heavy (non-hydrogen) atoms. The molecule has 2 atom stereocenters. The van der Waals surface area contributed by atoms with E-state index in [1.54, 1.807) is 10.4 Å². The van der Waals surface area contributed by atoms with Crippen molar-refractivity contribution in [3.63, 3.8) is 0 Å². The summed E-state index contributed by atoms with van der Waals surface area (Å²) in [5.41, 5.74) is 2.20. The Balaban J connectivity index is 1.54. The van der Waals surface area contributed by atoms with Crippen molar-refractivity contribution in [3.05, 3.63) is 29.3 Å². The van der Waals surface area contributed by atoms with Crippen LogP contribution in [-0.2, 0) is 10.0 Å². The number of hydrogen-bond donors (Lipinski definition) is 1. The summed E-state index contributed by atoms with van der Waals surface area (Å²) in [6.45, 7) is 5.29. The van der Waals surface area contributed by atoms with Crippen LogP contribution in [0, 0.1) is 19.3 Å². The van der Waals surface area contributed by atoms with Gasteiger partial charge < -0.3 is 5.32 Å². The van der Waals surface area contributed by atoms with Crippen molar-refractivity contribution in [2.75, 3.05) is 13.1 Å². The van der Waals surface area contributed by atoms with Gasteiger partial charge in [0.05, 0.1) is 4.90 Å². The summed E-state index contributed by atoms with van der Waals surface area (Å²) >= 11 is 0. The van der Waals surface area contributed by atoms with Crippen LogP contribution < -0.4 is 5.32 Å². The third-order valence-corrected chi connectivity index (χ3v) is 7.62. The first-order valence-electron chi connectivity index (χ1n) is 8.22. The molecule has 1 aromatic carbocycles. The van der Waals surface area contributed by atoms with E-state index in [4.69, 9.17) is 0 Å². The average Bonchev–Trinajstić information content (AvgIpc) is 2.74. The van der Waals surface area contributed by atoms with E-state index in [9.17, 15) is 8.42 Å². The van der Waals surface area contributed by atoms with Crippen molar-refractivity contribution in [1.29, 1.82) is 0 Å². The van der Waals surface area contributed by atoms with E-state index >= 15 is 0 Å². The number of sulfonamides is 1. The van der Waals surface area contributed by atoms with Gasteiger partial charge in [0.15, 0.2) is 0 Å². The van der Waals surface area contributed by atoms with Crippen LogP contribution in [0.1, 0.15) is 36.8 Å². The van der Waals surface area contributed by atoms with Gasteiger partial charge in [-0.2, -0.15) is 4.31 Å². The quantitative estimate of drug-likeness (QED) is 0.909. The smallest absolute Gasteiger partial charge is 0.243 e. The van der Waals surface area contributed by atoms with E-state index in [1.165, 1.54) is 12.8 Å². The van der Waals surface area contributed by atoms with Crippen LogP contribution in [0.4, 0.5) is 0 Å². The van der Waals surface area contributed by atoms with Gasteiger partial charge in [-0.15, -0.1) is 0 Å². The van der Waals surface area contributed by atoms with Crippen LogP contribution in [0.15, 0.2) is 23.1 Å². The second-order valence-corrected chi connectivity index (χ2v) is 9.49. The predicted octanol–water partition coefficient (Wildman–Crippen LogP) is 2.21. The normalized spacial score (nSPS) is 30.5. The summed E-state index contributed by atoms with van der Waals surface area (Å²) < 4.78 is 27.4. The highest BCUT2D eigenvalue weighted by atomic mass is 32.2. The third-order valence-electron chi connectivity index (χ3n) is 5.67. The second kappa shape index (κ2) is 4.79. The fraction of sp³-hybridized carbons (Fsp3) is 0.647. The summed E-state index contributed by atoms with van der Waals surface area (Å²) in [7, 11) is -3.33. The van der Waals surface area contributed by atoms with Gasteiger partial charge in [-0.25, -0.2) is 8.42 Å². The molecule has 3 fully saturated rings. The van der Waals surface area contributed by atoms with E-state index in [0.717, 1.165) is 24.0 Å². The number of hydrogen-bond acceptors (Lipinski definition) is 3. The van der Waals surface area contributed by atoms with Gasteiger partial charge in [0.1, 0.15) is 0 Å². The maximum atomic E-state index is 12.9. The summed E-state index contributed by atoms with van der Waals surface area (Å²) in [6.07, 6.45) is 4.80. The molecule has 1 aromatic rings. The molecule has 3 aliphatic heterocycles. The zero-order valence-electron chi connectivity index (χ0n) is 13.3. The zero-order valence-corrected chi connectivity index (χ0v) is 14.1. The fourth-order valence-corrected chi connectivity index (χ4v) is 6.58. The van der Waals surface area contributed by atoms with Crippen LogP contribution in [-0.4, -0.2) is 37.9 Å². The molecule has 1 N–H and O–H groups in total. The largest absolute Gasteiger partial charge is 0.311 e. The molecule has 3 saturated heterocycles. The third kappa shape index (κ3) is 2.22. The Bertz CT molecular complexity index is 693. The van der Waals surface area contributed by atoms with Crippen molar-refractivity contribution in [2.45, 2.75) is 56.5 Å². The number of nitrogens with zero attached hydrogens (tertiary/aromatic N) is 1. The first-order chi connectivity index (χ1) is 10.4. The fourth-order valence-electron chi connectivity index (χ4n) is 4.71. The lowest BCUT2D eigenvalue weighted by Crippen LogP contribution is -2.63. The molecule has 3 aliphatic rings. The Labute approximate surface area is 132 Å². The van der Waals surface area contributed by atoms with E-state index in [-0.39, 0.29) is 5.41 Å². The number of fused-ring (bicyclic) bond motifs is 2. The molecular formula is C17H24N2O2S. The minimum Gasteiger partial charge on any atom is -0.311 e. The first-order valence-corrected chi connectivity index (χ1v) is 9.66. The summed E-state index contributed by atoms with van der Waals surface area (Å²) in [5.74, 6) is 0. The highest BCUT2D eigenvalue weighted by Crippen LogP contribution is 2.48. The number of rotatable bonds is 2. The van der Waals surface area contributed by atoms with Crippen LogP contribution >= 0.6 is 0 Å². The van der Waals surface area contributed by atoms with Crippen molar-refractivity contribution in [1.82, 2.24) is 9.62 Å². The maximum absolute atomic E-state index is 12.9. The van der Waals surface area contributed by atoms with Gasteiger partial charge in [0.25, 0.3) is 0 Å². The van der Waals surface area contributed by atoms with Crippen molar-refractivity contribution >= 4 is 10.0 Å². The molecule has 0 amide bonds. The lowest BCUT2D eigenvalue weighted by atomic mass is 9.71. The van der Waals surface area contributed by atoms with Crippen LogP contribution in [0.2, 0.25) is 0 Å². The molecule has 0 radical (unpaired) electrons. The van der Waals surface area contributed by atoms with Crippen molar-refractivity contribution in [2.24, 2.45) is 5.41 Å². The Morgan fingerprint density at radius 2 is 1.77 bits per heavy atom. The Morgan fingerprint density at radius 1 is 1.14 bits per heavy atom. The average molecular weight is 320 g/mol. The van der Waals surface area contributed by atoms with Gasteiger partial charge in [-0.1, -0.05) is 17.7 Å². The van der Waals surface area contributed by atoms with Crippen molar-refractivity contribution in [3.8, 4) is 0 Å². The second-order valence-electron chi connectivity index (χ2n) is 7.59. The van der Waals surface area contributed by atoms with E-state index in [2.05, 4.69) is 5.32 Å². The molecular weight excluding hydrogens is 296 g/mol. The Morgan fingerprint density at radius 3 is 2.36 bits per heavy atom. The van der Waals surface area contributed by atoms with Gasteiger partial charge in [0, 0.05) is 30.6 Å². The molecule has 5 heteroatoms. The Hall–Kier alpha value is -0.910. The first kappa shape index (κ1) is 14.7. The van der Waals surface area contributed by atoms with Crippen LogP contribution in [0.5, 0.6) is 0 Å². The molecule has 4 rings (SSSR count). The summed E-state index contributed by atoms with van der Waals surface area (Å²) in [4.78, 5) is 0.477. The predicted molar refractivity (Wildman–Crippen MR) is 86.3 cm³/mol. The number of aryl methyl sites for hydroxylation is 2. The van der Waals surface area contributed by atoms with Crippen LogP contribution in [0.25, 0.3) is 0 Å². The topological polar surface area (TPSA) is 49.4 Å².